The van der Waals surface area contributed by atoms with E-state index in [1.165, 1.54) is 18.2 Å². The van der Waals surface area contributed by atoms with E-state index < -0.39 is 12.6 Å². The molecule has 3 rings (SSSR count). The molecular formula is C20H19FN2O5. The number of carbonyl (C=O) groups excluding carboxylic acids is 2. The standard InChI is InChI=1S/C20H19FN2O5/c1-12-8-17(14(3)23(12)16-6-4-15(21)5-7-16)18(24)10-27-20(25)11-26-19-9-13(2)28-22-19/h4-9H,10-11H2,1-3H3. The van der Waals surface area contributed by atoms with Crippen molar-refractivity contribution in [3.63, 3.8) is 0 Å². The molecule has 0 saturated heterocycles. The fraction of sp³-hybridized carbons (Fsp3) is 0.250. The Kier molecular flexibility index (Phi) is 5.58. The van der Waals surface area contributed by atoms with Crippen molar-refractivity contribution in [1.82, 2.24) is 9.72 Å². The van der Waals surface area contributed by atoms with Gasteiger partial charge in [0.2, 0.25) is 5.78 Å². The summed E-state index contributed by atoms with van der Waals surface area (Å²) in [6.07, 6.45) is 0. The van der Waals surface area contributed by atoms with Crippen molar-refractivity contribution in [2.24, 2.45) is 0 Å². The molecule has 0 amide bonds. The summed E-state index contributed by atoms with van der Waals surface area (Å²) in [5.74, 6) is -0.649. The highest BCUT2D eigenvalue weighted by Crippen LogP contribution is 2.21. The first-order valence-electron chi connectivity index (χ1n) is 8.55. The van der Waals surface area contributed by atoms with Gasteiger partial charge in [-0.2, -0.15) is 0 Å². The highest BCUT2D eigenvalue weighted by Gasteiger charge is 2.18. The molecule has 0 bridgehead atoms. The topological polar surface area (TPSA) is 83.6 Å². The summed E-state index contributed by atoms with van der Waals surface area (Å²) in [5, 5.41) is 3.59. The first-order valence-corrected chi connectivity index (χ1v) is 8.55. The van der Waals surface area contributed by atoms with Crippen LogP contribution < -0.4 is 4.74 Å². The average Bonchev–Trinajstić information content (AvgIpc) is 3.21. The number of nitrogens with zero attached hydrogens (tertiary/aromatic N) is 2. The van der Waals surface area contributed by atoms with Crippen LogP contribution in [0.5, 0.6) is 5.88 Å². The van der Waals surface area contributed by atoms with Crippen LogP contribution in [0.25, 0.3) is 5.69 Å². The predicted molar refractivity (Wildman–Crippen MR) is 97.2 cm³/mol. The van der Waals surface area contributed by atoms with Crippen molar-refractivity contribution in [3.8, 4) is 11.6 Å². The van der Waals surface area contributed by atoms with E-state index in [1.807, 2.05) is 11.5 Å². The summed E-state index contributed by atoms with van der Waals surface area (Å²) in [7, 11) is 0. The number of Topliss-reactive ketones (excluding diaryl/α,β-unsaturated/α-hetero) is 1. The molecule has 0 aliphatic rings. The number of rotatable bonds is 7. The number of halogens is 1. The van der Waals surface area contributed by atoms with Gasteiger partial charge in [0.1, 0.15) is 11.6 Å². The second kappa shape index (κ2) is 8.08. The van der Waals surface area contributed by atoms with Crippen LogP contribution >= 0.6 is 0 Å². The fourth-order valence-electron chi connectivity index (χ4n) is 2.84. The Morgan fingerprint density at radius 1 is 1.11 bits per heavy atom. The van der Waals surface area contributed by atoms with E-state index in [2.05, 4.69) is 5.16 Å². The summed E-state index contributed by atoms with van der Waals surface area (Å²) in [4.78, 5) is 24.3. The third kappa shape index (κ3) is 4.28. The van der Waals surface area contributed by atoms with E-state index in [1.54, 1.807) is 32.0 Å². The summed E-state index contributed by atoms with van der Waals surface area (Å²) >= 11 is 0. The third-order valence-corrected chi connectivity index (χ3v) is 4.12. The van der Waals surface area contributed by atoms with Gasteiger partial charge in [-0.1, -0.05) is 0 Å². The molecule has 0 N–H and O–H groups in total. The first kappa shape index (κ1) is 19.3. The minimum Gasteiger partial charge on any atom is -0.463 e. The molecule has 0 atom stereocenters. The van der Waals surface area contributed by atoms with Crippen LogP contribution in [0.4, 0.5) is 4.39 Å². The number of hydrogen-bond acceptors (Lipinski definition) is 6. The monoisotopic (exact) mass is 386 g/mol. The van der Waals surface area contributed by atoms with Gasteiger partial charge in [0, 0.05) is 28.7 Å². The van der Waals surface area contributed by atoms with E-state index in [-0.39, 0.29) is 24.1 Å². The van der Waals surface area contributed by atoms with Gasteiger partial charge < -0.3 is 18.6 Å². The number of ketones is 1. The Morgan fingerprint density at radius 3 is 2.46 bits per heavy atom. The molecule has 2 aromatic heterocycles. The number of hydrogen-bond donors (Lipinski definition) is 0. The molecule has 7 nitrogen and oxygen atoms in total. The molecule has 1 aromatic carbocycles. The molecule has 28 heavy (non-hydrogen) atoms. The Bertz CT molecular complexity index is 1000. The first-order chi connectivity index (χ1) is 13.3. The van der Waals surface area contributed by atoms with Gasteiger partial charge in [-0.3, -0.25) is 4.79 Å². The van der Waals surface area contributed by atoms with Crippen LogP contribution in [-0.4, -0.2) is 34.7 Å². The summed E-state index contributed by atoms with van der Waals surface area (Å²) in [6.45, 7) is 4.52. The minimum atomic E-state index is -0.693. The molecule has 0 unspecified atom stereocenters. The molecule has 8 heteroatoms. The number of benzene rings is 1. The van der Waals surface area contributed by atoms with Gasteiger partial charge in [0.15, 0.2) is 13.2 Å². The van der Waals surface area contributed by atoms with Crippen LogP contribution in [-0.2, 0) is 9.53 Å². The smallest absolute Gasteiger partial charge is 0.344 e. The molecule has 0 aliphatic heterocycles. The summed E-state index contributed by atoms with van der Waals surface area (Å²) in [5.41, 5.74) is 2.66. The number of carbonyl (C=O) groups is 2. The van der Waals surface area contributed by atoms with Gasteiger partial charge in [-0.15, -0.1) is 0 Å². The van der Waals surface area contributed by atoms with Gasteiger partial charge >= 0.3 is 5.97 Å². The molecule has 146 valence electrons. The van der Waals surface area contributed by atoms with E-state index in [4.69, 9.17) is 14.0 Å². The van der Waals surface area contributed by atoms with E-state index in [0.717, 1.165) is 11.4 Å². The molecule has 0 radical (unpaired) electrons. The lowest BCUT2D eigenvalue weighted by Gasteiger charge is -2.10. The average molecular weight is 386 g/mol. The van der Waals surface area contributed by atoms with Crippen molar-refractivity contribution in [2.75, 3.05) is 13.2 Å². The quantitative estimate of drug-likeness (QED) is 0.457. The Hall–Kier alpha value is -3.42. The molecular weight excluding hydrogens is 367 g/mol. The van der Waals surface area contributed by atoms with Crippen molar-refractivity contribution in [1.29, 1.82) is 0 Å². The number of esters is 1. The predicted octanol–water partition coefficient (Wildman–Crippen LogP) is 3.33. The molecule has 0 aliphatic carbocycles. The summed E-state index contributed by atoms with van der Waals surface area (Å²) < 4.78 is 29.9. The number of aryl methyl sites for hydroxylation is 2. The lowest BCUT2D eigenvalue weighted by molar-refractivity contribution is -0.144. The minimum absolute atomic E-state index is 0.170. The molecule has 3 aromatic rings. The zero-order chi connectivity index (χ0) is 20.3. The normalized spacial score (nSPS) is 10.7. The molecule has 0 spiro atoms. The van der Waals surface area contributed by atoms with Crippen LogP contribution in [0.3, 0.4) is 0 Å². The molecule has 0 fully saturated rings. The Balaban J connectivity index is 1.62. The van der Waals surface area contributed by atoms with Gasteiger partial charge in [0.25, 0.3) is 5.88 Å². The third-order valence-electron chi connectivity index (χ3n) is 4.12. The van der Waals surface area contributed by atoms with Gasteiger partial charge in [-0.05, 0) is 56.3 Å². The second-order valence-electron chi connectivity index (χ2n) is 6.24. The van der Waals surface area contributed by atoms with Crippen molar-refractivity contribution >= 4 is 11.8 Å². The Labute approximate surface area is 160 Å². The SMILES string of the molecule is Cc1cc(OCC(=O)OCC(=O)c2cc(C)n(-c3ccc(F)cc3)c2C)no1. The van der Waals surface area contributed by atoms with Crippen LogP contribution in [0.2, 0.25) is 0 Å². The van der Waals surface area contributed by atoms with E-state index in [0.29, 0.717) is 17.0 Å². The largest absolute Gasteiger partial charge is 0.463 e. The number of ether oxygens (including phenoxy) is 2. The fourth-order valence-corrected chi connectivity index (χ4v) is 2.84. The van der Waals surface area contributed by atoms with Crippen LogP contribution in [0.15, 0.2) is 40.9 Å². The van der Waals surface area contributed by atoms with Crippen LogP contribution in [0, 0.1) is 26.6 Å². The maximum Gasteiger partial charge on any atom is 0.344 e. The van der Waals surface area contributed by atoms with Crippen molar-refractivity contribution in [2.45, 2.75) is 20.8 Å². The summed E-state index contributed by atoms with van der Waals surface area (Å²) in [6, 6.07) is 9.22. The number of aromatic nitrogens is 2. The van der Waals surface area contributed by atoms with Crippen molar-refractivity contribution < 1.29 is 28.0 Å². The zero-order valence-electron chi connectivity index (χ0n) is 15.7. The second-order valence-corrected chi connectivity index (χ2v) is 6.24. The lowest BCUT2D eigenvalue weighted by atomic mass is 10.1. The van der Waals surface area contributed by atoms with Crippen molar-refractivity contribution in [3.05, 3.63) is 64.9 Å². The Morgan fingerprint density at radius 2 is 1.82 bits per heavy atom. The highest BCUT2D eigenvalue weighted by atomic mass is 19.1. The van der Waals surface area contributed by atoms with E-state index >= 15 is 0 Å². The highest BCUT2D eigenvalue weighted by molar-refractivity contribution is 5.99. The maximum atomic E-state index is 13.2. The molecule has 2 heterocycles. The maximum absolute atomic E-state index is 13.2. The molecule has 0 saturated carbocycles. The lowest BCUT2D eigenvalue weighted by Crippen LogP contribution is -2.20. The van der Waals surface area contributed by atoms with Gasteiger partial charge in [0.05, 0.1) is 0 Å². The zero-order valence-corrected chi connectivity index (χ0v) is 15.7. The van der Waals surface area contributed by atoms with Gasteiger partial charge in [-0.25, -0.2) is 9.18 Å². The van der Waals surface area contributed by atoms with Crippen LogP contribution in [0.1, 0.15) is 27.5 Å². The van der Waals surface area contributed by atoms with E-state index in [9.17, 15) is 14.0 Å².